The van der Waals surface area contributed by atoms with E-state index in [2.05, 4.69) is 11.9 Å². The normalized spacial score (nSPS) is 11.5. The molecule has 0 spiro atoms. The summed E-state index contributed by atoms with van der Waals surface area (Å²) in [6, 6.07) is 9.81. The third-order valence-electron chi connectivity index (χ3n) is 3.65. The van der Waals surface area contributed by atoms with Crippen molar-refractivity contribution in [2.75, 3.05) is 0 Å². The van der Waals surface area contributed by atoms with Crippen LogP contribution in [0.1, 0.15) is 28.4 Å². The zero-order valence-electron chi connectivity index (χ0n) is 12.1. The van der Waals surface area contributed by atoms with Gasteiger partial charge in [0.1, 0.15) is 11.6 Å². The zero-order valence-corrected chi connectivity index (χ0v) is 12.9. The fourth-order valence-corrected chi connectivity index (χ4v) is 3.14. The van der Waals surface area contributed by atoms with Gasteiger partial charge in [0, 0.05) is 22.7 Å². The zero-order chi connectivity index (χ0) is 15.5. The van der Waals surface area contributed by atoms with Gasteiger partial charge in [-0.25, -0.2) is 0 Å². The number of H-pyrrole nitrogens is 1. The van der Waals surface area contributed by atoms with Crippen molar-refractivity contribution in [3.63, 3.8) is 0 Å². The highest BCUT2D eigenvalue weighted by Gasteiger charge is 2.17. The summed E-state index contributed by atoms with van der Waals surface area (Å²) in [4.78, 5) is 15.8. The van der Waals surface area contributed by atoms with E-state index in [1.165, 1.54) is 11.3 Å². The van der Waals surface area contributed by atoms with E-state index in [1.54, 1.807) is 12.3 Å². The molecule has 0 fully saturated rings. The molecule has 0 aliphatic carbocycles. The molecule has 1 N–H and O–H groups in total. The Hall–Kier alpha value is -2.64. The van der Waals surface area contributed by atoms with Gasteiger partial charge in [-0.1, -0.05) is 25.1 Å². The number of allylic oxidation sites excluding steroid dienone is 1. The number of aromatic nitrogens is 1. The topological polar surface area (TPSA) is 56.6 Å². The van der Waals surface area contributed by atoms with E-state index >= 15 is 0 Å². The molecule has 3 rings (SSSR count). The van der Waals surface area contributed by atoms with E-state index in [4.69, 9.17) is 0 Å². The van der Waals surface area contributed by atoms with Crippen LogP contribution >= 0.6 is 11.3 Å². The van der Waals surface area contributed by atoms with Crippen LogP contribution in [-0.4, -0.2) is 10.8 Å². The molecule has 0 aliphatic heterocycles. The van der Waals surface area contributed by atoms with E-state index in [0.717, 1.165) is 28.5 Å². The monoisotopic (exact) mass is 306 g/mol. The highest BCUT2D eigenvalue weighted by Crippen LogP contribution is 2.25. The van der Waals surface area contributed by atoms with Crippen molar-refractivity contribution in [1.29, 1.82) is 5.26 Å². The number of ketones is 1. The lowest BCUT2D eigenvalue weighted by Crippen LogP contribution is -2.01. The number of carbonyl (C=O) groups excluding carboxylic acids is 1. The summed E-state index contributed by atoms with van der Waals surface area (Å²) in [5.41, 5.74) is 3.72. The number of thiophene rings is 1. The Balaban J connectivity index is 2.07. The number of para-hydroxylation sites is 1. The first kappa shape index (κ1) is 14.3. The Kier molecular flexibility index (Phi) is 3.90. The maximum Gasteiger partial charge on any atom is 0.205 e. The number of rotatable bonds is 4. The number of Topliss-reactive ketones (excluding diaryl/α,β-unsaturated/α-hetero) is 1. The van der Waals surface area contributed by atoms with Crippen molar-refractivity contribution in [2.24, 2.45) is 0 Å². The number of aryl methyl sites for hydroxylation is 1. The quantitative estimate of drug-likeness (QED) is 0.435. The Morgan fingerprint density at radius 2 is 2.27 bits per heavy atom. The molecule has 2 aromatic heterocycles. The van der Waals surface area contributed by atoms with Crippen LogP contribution in [0.15, 0.2) is 46.8 Å². The van der Waals surface area contributed by atoms with E-state index in [1.807, 2.05) is 41.1 Å². The second-order valence-electron chi connectivity index (χ2n) is 4.95. The van der Waals surface area contributed by atoms with Crippen molar-refractivity contribution >= 4 is 34.1 Å². The molecule has 0 saturated heterocycles. The number of hydrogen-bond acceptors (Lipinski definition) is 3. The van der Waals surface area contributed by atoms with Crippen molar-refractivity contribution in [2.45, 2.75) is 13.3 Å². The molecule has 0 atom stereocenters. The second kappa shape index (κ2) is 6.00. The maximum absolute atomic E-state index is 12.7. The lowest BCUT2D eigenvalue weighted by molar-refractivity contribution is 0.104. The number of nitrogens with zero attached hydrogens (tertiary/aromatic N) is 1. The van der Waals surface area contributed by atoms with Crippen molar-refractivity contribution in [3.05, 3.63) is 63.5 Å². The molecular weight excluding hydrogens is 292 g/mol. The minimum absolute atomic E-state index is 0.154. The standard InChI is InChI=1S/C18H14N2OS/c1-2-13-4-3-5-15-16(10-20-17(13)15)18(21)14(9-19)8-12-6-7-22-11-12/h3-8,10-11,20H,2H2,1H3/b14-8+. The SMILES string of the molecule is CCc1cccc2c(C(=O)/C(C#N)=C/c3ccsc3)c[nH]c12. The maximum atomic E-state index is 12.7. The van der Waals surface area contributed by atoms with Crippen molar-refractivity contribution in [3.8, 4) is 6.07 Å². The highest BCUT2D eigenvalue weighted by molar-refractivity contribution is 7.08. The number of carbonyl (C=O) groups is 1. The number of nitrogens with one attached hydrogen (secondary N) is 1. The smallest absolute Gasteiger partial charge is 0.205 e. The van der Waals surface area contributed by atoms with Gasteiger partial charge in [-0.2, -0.15) is 16.6 Å². The summed E-state index contributed by atoms with van der Waals surface area (Å²) >= 11 is 1.54. The molecule has 0 amide bonds. The van der Waals surface area contributed by atoms with Crippen LogP contribution in [0, 0.1) is 11.3 Å². The first-order chi connectivity index (χ1) is 10.7. The minimum atomic E-state index is -0.242. The van der Waals surface area contributed by atoms with E-state index < -0.39 is 0 Å². The second-order valence-corrected chi connectivity index (χ2v) is 5.73. The van der Waals surface area contributed by atoms with Crippen LogP contribution in [0.4, 0.5) is 0 Å². The van der Waals surface area contributed by atoms with Gasteiger partial charge < -0.3 is 4.98 Å². The summed E-state index contributed by atoms with van der Waals surface area (Å²) in [6.07, 6.45) is 4.23. The average molecular weight is 306 g/mol. The molecule has 22 heavy (non-hydrogen) atoms. The van der Waals surface area contributed by atoms with Crippen molar-refractivity contribution in [1.82, 2.24) is 4.98 Å². The minimum Gasteiger partial charge on any atom is -0.360 e. The van der Waals surface area contributed by atoms with Crippen LogP contribution in [0.5, 0.6) is 0 Å². The predicted molar refractivity (Wildman–Crippen MR) is 89.9 cm³/mol. The molecule has 0 unspecified atom stereocenters. The summed E-state index contributed by atoms with van der Waals surface area (Å²) in [5.74, 6) is -0.242. The summed E-state index contributed by atoms with van der Waals surface area (Å²) in [5, 5.41) is 14.0. The Labute approximate surface area is 132 Å². The lowest BCUT2D eigenvalue weighted by Gasteiger charge is -2.00. The van der Waals surface area contributed by atoms with Gasteiger partial charge in [0.25, 0.3) is 0 Å². The molecule has 0 bridgehead atoms. The van der Waals surface area contributed by atoms with E-state index in [0.29, 0.717) is 5.56 Å². The Morgan fingerprint density at radius 1 is 1.41 bits per heavy atom. The average Bonchev–Trinajstić information content (AvgIpc) is 3.20. The molecule has 0 aliphatic rings. The third kappa shape index (κ3) is 2.47. The Morgan fingerprint density at radius 3 is 2.95 bits per heavy atom. The predicted octanol–water partition coefficient (Wildman–Crippen LogP) is 4.58. The fourth-order valence-electron chi connectivity index (χ4n) is 2.52. The molecule has 1 aromatic carbocycles. The highest BCUT2D eigenvalue weighted by atomic mass is 32.1. The summed E-state index contributed by atoms with van der Waals surface area (Å²) in [7, 11) is 0. The van der Waals surface area contributed by atoms with Gasteiger partial charge >= 0.3 is 0 Å². The first-order valence-electron chi connectivity index (χ1n) is 7.02. The van der Waals surface area contributed by atoms with Gasteiger partial charge in [0.15, 0.2) is 0 Å². The molecule has 0 saturated carbocycles. The van der Waals surface area contributed by atoms with Gasteiger partial charge in [0.2, 0.25) is 5.78 Å². The van der Waals surface area contributed by atoms with Crippen LogP contribution in [0.2, 0.25) is 0 Å². The summed E-state index contributed by atoms with van der Waals surface area (Å²) < 4.78 is 0. The summed E-state index contributed by atoms with van der Waals surface area (Å²) in [6.45, 7) is 2.08. The van der Waals surface area contributed by atoms with E-state index in [9.17, 15) is 10.1 Å². The van der Waals surface area contributed by atoms with Gasteiger partial charge in [-0.15, -0.1) is 0 Å². The Bertz CT molecular complexity index is 895. The van der Waals surface area contributed by atoms with Crippen LogP contribution in [0.3, 0.4) is 0 Å². The molecule has 0 radical (unpaired) electrons. The number of aromatic amines is 1. The van der Waals surface area contributed by atoms with Gasteiger partial charge in [-0.3, -0.25) is 4.79 Å². The van der Waals surface area contributed by atoms with Crippen molar-refractivity contribution < 1.29 is 4.79 Å². The number of hydrogen-bond donors (Lipinski definition) is 1. The molecular formula is C18H14N2OS. The molecule has 3 nitrogen and oxygen atoms in total. The number of nitriles is 1. The number of benzene rings is 1. The molecule has 108 valence electrons. The third-order valence-corrected chi connectivity index (χ3v) is 4.35. The van der Waals surface area contributed by atoms with Crippen LogP contribution in [0.25, 0.3) is 17.0 Å². The first-order valence-corrected chi connectivity index (χ1v) is 7.96. The molecule has 4 heteroatoms. The molecule has 2 heterocycles. The number of fused-ring (bicyclic) bond motifs is 1. The van der Waals surface area contributed by atoms with Gasteiger partial charge in [0.05, 0.1) is 0 Å². The largest absolute Gasteiger partial charge is 0.360 e. The lowest BCUT2D eigenvalue weighted by atomic mass is 10.0. The van der Waals surface area contributed by atoms with Gasteiger partial charge in [-0.05, 0) is 40.5 Å². The van der Waals surface area contributed by atoms with E-state index in [-0.39, 0.29) is 11.4 Å². The van der Waals surface area contributed by atoms with Crippen LogP contribution < -0.4 is 0 Å². The molecule has 3 aromatic rings. The fraction of sp³-hybridized carbons (Fsp3) is 0.111. The van der Waals surface area contributed by atoms with Crippen LogP contribution in [-0.2, 0) is 6.42 Å².